The van der Waals surface area contributed by atoms with Crippen LogP contribution in [0.15, 0.2) is 55.1 Å². The van der Waals surface area contributed by atoms with Crippen LogP contribution in [0.4, 0.5) is 5.82 Å². The van der Waals surface area contributed by atoms with E-state index in [2.05, 4.69) is 15.3 Å². The molecule has 0 saturated carbocycles. The molecule has 26 heavy (non-hydrogen) atoms. The predicted octanol–water partition coefficient (Wildman–Crippen LogP) is 2.36. The molecule has 4 heterocycles. The van der Waals surface area contributed by atoms with Gasteiger partial charge in [0.05, 0.1) is 5.56 Å². The standard InChI is InChI=1S/C19H19N5O2/c25-18(22-17-8-3-7-16-21-10-12-24(16)17)15-6-1-2-11-23(15)19(26)14-5-4-9-20-13-14/h3-5,7-10,12-13,15H,1-2,6,11H2,(H,22,25). The zero-order valence-electron chi connectivity index (χ0n) is 14.2. The lowest BCUT2D eigenvalue weighted by Crippen LogP contribution is -2.50. The van der Waals surface area contributed by atoms with E-state index in [1.807, 2.05) is 22.6 Å². The molecule has 2 amide bonds. The van der Waals surface area contributed by atoms with Gasteiger partial charge in [0.2, 0.25) is 5.91 Å². The number of likely N-dealkylation sites (tertiary alicyclic amines) is 1. The minimum atomic E-state index is -0.491. The van der Waals surface area contributed by atoms with Crippen molar-refractivity contribution in [2.75, 3.05) is 11.9 Å². The largest absolute Gasteiger partial charge is 0.327 e. The van der Waals surface area contributed by atoms with Gasteiger partial charge in [0.1, 0.15) is 17.5 Å². The molecule has 1 unspecified atom stereocenters. The van der Waals surface area contributed by atoms with Crippen molar-refractivity contribution >= 4 is 23.3 Å². The van der Waals surface area contributed by atoms with E-state index in [1.165, 1.54) is 6.20 Å². The topological polar surface area (TPSA) is 79.6 Å². The van der Waals surface area contributed by atoms with Gasteiger partial charge in [-0.15, -0.1) is 0 Å². The molecular weight excluding hydrogens is 330 g/mol. The second-order valence-electron chi connectivity index (χ2n) is 6.31. The van der Waals surface area contributed by atoms with Crippen molar-refractivity contribution < 1.29 is 9.59 Å². The van der Waals surface area contributed by atoms with Crippen molar-refractivity contribution in [1.82, 2.24) is 19.3 Å². The average Bonchev–Trinajstić information content (AvgIpc) is 3.18. The summed E-state index contributed by atoms with van der Waals surface area (Å²) >= 11 is 0. The molecule has 4 rings (SSSR count). The Morgan fingerprint density at radius 1 is 1.12 bits per heavy atom. The van der Waals surface area contributed by atoms with Gasteiger partial charge in [-0.25, -0.2) is 4.98 Å². The molecule has 1 saturated heterocycles. The first-order valence-corrected chi connectivity index (χ1v) is 8.68. The number of piperidine rings is 1. The summed E-state index contributed by atoms with van der Waals surface area (Å²) in [5.74, 6) is 0.311. The molecule has 0 radical (unpaired) electrons. The van der Waals surface area contributed by atoms with Crippen LogP contribution in [0.3, 0.4) is 0 Å². The Kier molecular flexibility index (Phi) is 4.35. The Bertz CT molecular complexity index is 937. The first-order valence-electron chi connectivity index (χ1n) is 8.68. The van der Waals surface area contributed by atoms with E-state index in [4.69, 9.17) is 0 Å². The lowest BCUT2D eigenvalue weighted by atomic mass is 10.00. The molecule has 0 aliphatic carbocycles. The summed E-state index contributed by atoms with van der Waals surface area (Å²) < 4.78 is 1.81. The quantitative estimate of drug-likeness (QED) is 0.787. The molecule has 0 spiro atoms. The summed E-state index contributed by atoms with van der Waals surface area (Å²) in [7, 11) is 0. The first kappa shape index (κ1) is 16.3. The van der Waals surface area contributed by atoms with Crippen LogP contribution in [0.25, 0.3) is 5.65 Å². The van der Waals surface area contributed by atoms with E-state index in [0.29, 0.717) is 24.3 Å². The molecule has 0 bridgehead atoms. The Morgan fingerprint density at radius 2 is 2.04 bits per heavy atom. The summed E-state index contributed by atoms with van der Waals surface area (Å²) in [5, 5.41) is 2.95. The molecule has 1 aliphatic rings. The van der Waals surface area contributed by atoms with Crippen LogP contribution >= 0.6 is 0 Å². The number of amides is 2. The lowest BCUT2D eigenvalue weighted by Gasteiger charge is -2.34. The van der Waals surface area contributed by atoms with E-state index in [-0.39, 0.29) is 11.8 Å². The Hall–Kier alpha value is -3.22. The fraction of sp³-hybridized carbons (Fsp3) is 0.263. The summed E-state index contributed by atoms with van der Waals surface area (Å²) in [6.45, 7) is 0.571. The number of anilines is 1. The van der Waals surface area contributed by atoms with Gasteiger partial charge in [-0.3, -0.25) is 19.0 Å². The SMILES string of the molecule is O=C(Nc1cccc2nccn12)C1CCCCN1C(=O)c1cccnc1. The Morgan fingerprint density at radius 3 is 2.88 bits per heavy atom. The fourth-order valence-corrected chi connectivity index (χ4v) is 3.36. The van der Waals surface area contributed by atoms with Gasteiger partial charge in [-0.1, -0.05) is 6.07 Å². The van der Waals surface area contributed by atoms with Crippen molar-refractivity contribution in [3.63, 3.8) is 0 Å². The minimum Gasteiger partial charge on any atom is -0.327 e. The van der Waals surface area contributed by atoms with E-state index >= 15 is 0 Å². The van der Waals surface area contributed by atoms with Crippen LogP contribution in [0.1, 0.15) is 29.6 Å². The predicted molar refractivity (Wildman–Crippen MR) is 96.7 cm³/mol. The third-order valence-electron chi connectivity index (χ3n) is 4.65. The molecule has 3 aromatic rings. The summed E-state index contributed by atoms with van der Waals surface area (Å²) in [5.41, 5.74) is 1.26. The fourth-order valence-electron chi connectivity index (χ4n) is 3.36. The number of fused-ring (bicyclic) bond motifs is 1. The van der Waals surface area contributed by atoms with Crippen LogP contribution in [0, 0.1) is 0 Å². The molecule has 1 N–H and O–H groups in total. The van der Waals surface area contributed by atoms with E-state index in [1.54, 1.807) is 35.6 Å². The molecular formula is C19H19N5O2. The van der Waals surface area contributed by atoms with E-state index in [0.717, 1.165) is 18.5 Å². The monoisotopic (exact) mass is 349 g/mol. The third kappa shape index (κ3) is 3.03. The highest BCUT2D eigenvalue weighted by Crippen LogP contribution is 2.21. The van der Waals surface area contributed by atoms with Crippen LogP contribution in [-0.2, 0) is 4.79 Å². The van der Waals surface area contributed by atoms with Gasteiger partial charge in [0.15, 0.2) is 0 Å². The van der Waals surface area contributed by atoms with Crippen LogP contribution in [0.5, 0.6) is 0 Å². The molecule has 0 aromatic carbocycles. The van der Waals surface area contributed by atoms with Gasteiger partial charge >= 0.3 is 0 Å². The molecule has 7 heteroatoms. The highest BCUT2D eigenvalue weighted by atomic mass is 16.2. The van der Waals surface area contributed by atoms with Crippen LogP contribution in [0.2, 0.25) is 0 Å². The zero-order chi connectivity index (χ0) is 17.9. The normalized spacial score (nSPS) is 17.2. The molecule has 132 valence electrons. The number of rotatable bonds is 3. The van der Waals surface area contributed by atoms with E-state index < -0.39 is 6.04 Å². The maximum absolute atomic E-state index is 12.9. The van der Waals surface area contributed by atoms with Crippen molar-refractivity contribution in [1.29, 1.82) is 0 Å². The zero-order valence-corrected chi connectivity index (χ0v) is 14.2. The van der Waals surface area contributed by atoms with Crippen molar-refractivity contribution in [3.05, 3.63) is 60.7 Å². The number of nitrogens with zero attached hydrogens (tertiary/aromatic N) is 4. The third-order valence-corrected chi connectivity index (χ3v) is 4.65. The Balaban J connectivity index is 1.57. The number of hydrogen-bond donors (Lipinski definition) is 1. The van der Waals surface area contributed by atoms with Gasteiger partial charge in [-0.2, -0.15) is 0 Å². The highest BCUT2D eigenvalue weighted by Gasteiger charge is 2.33. The van der Waals surface area contributed by atoms with Crippen molar-refractivity contribution in [3.8, 4) is 0 Å². The average molecular weight is 349 g/mol. The first-order chi connectivity index (χ1) is 12.7. The van der Waals surface area contributed by atoms with Crippen LogP contribution < -0.4 is 5.32 Å². The van der Waals surface area contributed by atoms with Gasteiger partial charge in [0, 0.05) is 31.3 Å². The van der Waals surface area contributed by atoms with Crippen molar-refractivity contribution in [2.24, 2.45) is 0 Å². The Labute approximate surface area is 150 Å². The minimum absolute atomic E-state index is 0.154. The van der Waals surface area contributed by atoms with Gasteiger partial charge < -0.3 is 10.2 Å². The molecule has 3 aromatic heterocycles. The summed E-state index contributed by atoms with van der Waals surface area (Å²) in [6.07, 6.45) is 9.12. The number of imidazole rings is 1. The summed E-state index contributed by atoms with van der Waals surface area (Å²) in [4.78, 5) is 35.6. The number of carbonyl (C=O) groups is 2. The lowest BCUT2D eigenvalue weighted by molar-refractivity contribution is -0.121. The maximum atomic E-state index is 12.9. The number of hydrogen-bond acceptors (Lipinski definition) is 4. The molecule has 1 fully saturated rings. The molecule has 1 aliphatic heterocycles. The second-order valence-corrected chi connectivity index (χ2v) is 6.31. The smallest absolute Gasteiger partial charge is 0.256 e. The summed E-state index contributed by atoms with van der Waals surface area (Å²) in [6, 6.07) is 8.50. The van der Waals surface area contributed by atoms with Gasteiger partial charge in [-0.05, 0) is 43.5 Å². The highest BCUT2D eigenvalue weighted by molar-refractivity contribution is 6.01. The van der Waals surface area contributed by atoms with Crippen LogP contribution in [-0.4, -0.2) is 43.7 Å². The van der Waals surface area contributed by atoms with E-state index in [9.17, 15) is 9.59 Å². The second kappa shape index (κ2) is 6.95. The number of nitrogens with one attached hydrogen (secondary N) is 1. The molecule has 1 atom stereocenters. The number of aromatic nitrogens is 3. The van der Waals surface area contributed by atoms with Gasteiger partial charge in [0.25, 0.3) is 5.91 Å². The number of pyridine rings is 2. The number of carbonyl (C=O) groups excluding carboxylic acids is 2. The van der Waals surface area contributed by atoms with Crippen molar-refractivity contribution in [2.45, 2.75) is 25.3 Å². The maximum Gasteiger partial charge on any atom is 0.256 e. The molecule has 7 nitrogen and oxygen atoms in total.